The molecule has 4 rings (SSSR count). The first-order valence-corrected chi connectivity index (χ1v) is 10.6. The zero-order valence-corrected chi connectivity index (χ0v) is 17.5. The maximum atomic E-state index is 12.5. The molecule has 6 nitrogen and oxygen atoms in total. The quantitative estimate of drug-likeness (QED) is 0.631. The van der Waals surface area contributed by atoms with Gasteiger partial charge in [-0.1, -0.05) is 19.9 Å². The van der Waals surface area contributed by atoms with E-state index in [0.29, 0.717) is 5.13 Å². The third-order valence-electron chi connectivity index (χ3n) is 5.07. The second-order valence-electron chi connectivity index (χ2n) is 7.45. The highest BCUT2D eigenvalue weighted by Crippen LogP contribution is 2.34. The van der Waals surface area contributed by atoms with Gasteiger partial charge in [0, 0.05) is 36.1 Å². The number of hydrogen-bond acceptors (Lipinski definition) is 5. The fraction of sp³-hybridized carbons (Fsp3) is 0.318. The Bertz CT molecular complexity index is 1040. The number of carbonyl (C=O) groups excluding carboxylic acids is 2. The number of nitrogens with zero attached hydrogens (tertiary/aromatic N) is 3. The van der Waals surface area contributed by atoms with Gasteiger partial charge < -0.3 is 9.32 Å². The monoisotopic (exact) mass is 409 g/mol. The Labute approximate surface area is 173 Å². The molecule has 1 aliphatic heterocycles. The standard InChI is InChI=1S/C22H23N3O3S/c1-14(2)20(26)25-10-4-6-16-12-15(8-9-18(16)25)17-13-29-22(23-17)24(3)21(27)19-7-5-11-28-19/h5,7-9,11-14H,4,6,10H2,1-3H3. The van der Waals surface area contributed by atoms with E-state index in [4.69, 9.17) is 4.42 Å². The van der Waals surface area contributed by atoms with Gasteiger partial charge in [0.2, 0.25) is 5.91 Å². The molecule has 1 aromatic carbocycles. The van der Waals surface area contributed by atoms with Gasteiger partial charge in [-0.25, -0.2) is 4.98 Å². The largest absolute Gasteiger partial charge is 0.459 e. The summed E-state index contributed by atoms with van der Waals surface area (Å²) in [5.74, 6) is 0.189. The molecule has 1 aliphatic rings. The Morgan fingerprint density at radius 2 is 2.10 bits per heavy atom. The number of aryl methyl sites for hydroxylation is 1. The summed E-state index contributed by atoms with van der Waals surface area (Å²) in [5.41, 5.74) is 3.97. The number of hydrogen-bond donors (Lipinski definition) is 0. The fourth-order valence-electron chi connectivity index (χ4n) is 3.50. The van der Waals surface area contributed by atoms with Crippen LogP contribution in [0.15, 0.2) is 46.4 Å². The molecular weight excluding hydrogens is 386 g/mol. The summed E-state index contributed by atoms with van der Waals surface area (Å²) in [6.45, 7) is 4.63. The van der Waals surface area contributed by atoms with Crippen molar-refractivity contribution >= 4 is 34.0 Å². The lowest BCUT2D eigenvalue weighted by Crippen LogP contribution is -2.38. The molecule has 7 heteroatoms. The predicted molar refractivity (Wildman–Crippen MR) is 115 cm³/mol. The summed E-state index contributed by atoms with van der Waals surface area (Å²) in [4.78, 5) is 33.0. The zero-order valence-electron chi connectivity index (χ0n) is 16.7. The lowest BCUT2D eigenvalue weighted by atomic mass is 9.97. The average molecular weight is 410 g/mol. The molecule has 150 valence electrons. The van der Waals surface area contributed by atoms with Crippen LogP contribution in [0.25, 0.3) is 11.3 Å². The third kappa shape index (κ3) is 3.70. The molecule has 0 N–H and O–H groups in total. The smallest absolute Gasteiger partial charge is 0.295 e. The van der Waals surface area contributed by atoms with Crippen LogP contribution in [0.5, 0.6) is 0 Å². The lowest BCUT2D eigenvalue weighted by Gasteiger charge is -2.31. The highest BCUT2D eigenvalue weighted by Gasteiger charge is 2.25. The summed E-state index contributed by atoms with van der Waals surface area (Å²) in [6.07, 6.45) is 3.38. The van der Waals surface area contributed by atoms with E-state index < -0.39 is 0 Å². The minimum Gasteiger partial charge on any atom is -0.459 e. The van der Waals surface area contributed by atoms with E-state index >= 15 is 0 Å². The van der Waals surface area contributed by atoms with Crippen LogP contribution in [0, 0.1) is 5.92 Å². The highest BCUT2D eigenvalue weighted by atomic mass is 32.1. The Morgan fingerprint density at radius 1 is 1.28 bits per heavy atom. The first-order chi connectivity index (χ1) is 14.0. The Hall–Kier alpha value is -2.93. The van der Waals surface area contributed by atoms with E-state index in [1.165, 1.54) is 22.5 Å². The number of aromatic nitrogens is 1. The van der Waals surface area contributed by atoms with Crippen molar-refractivity contribution in [3.63, 3.8) is 0 Å². The van der Waals surface area contributed by atoms with Gasteiger partial charge in [0.25, 0.3) is 5.91 Å². The summed E-state index contributed by atoms with van der Waals surface area (Å²) in [7, 11) is 1.69. The number of rotatable bonds is 4. The number of fused-ring (bicyclic) bond motifs is 1. The van der Waals surface area contributed by atoms with E-state index in [1.54, 1.807) is 19.2 Å². The molecule has 0 saturated carbocycles. The Morgan fingerprint density at radius 3 is 2.83 bits per heavy atom. The van der Waals surface area contributed by atoms with Gasteiger partial charge in [0.05, 0.1) is 12.0 Å². The van der Waals surface area contributed by atoms with E-state index in [-0.39, 0.29) is 23.5 Å². The van der Waals surface area contributed by atoms with Crippen LogP contribution in [0.3, 0.4) is 0 Å². The SMILES string of the molecule is CC(C)C(=O)N1CCCc2cc(-c3csc(N(C)C(=O)c4ccco4)n3)ccc21. The maximum Gasteiger partial charge on any atom is 0.295 e. The van der Waals surface area contributed by atoms with Crippen molar-refractivity contribution in [3.8, 4) is 11.3 Å². The molecule has 0 saturated heterocycles. The van der Waals surface area contributed by atoms with Crippen LogP contribution in [-0.4, -0.2) is 30.4 Å². The minimum atomic E-state index is -0.232. The molecule has 3 heterocycles. The zero-order chi connectivity index (χ0) is 20.5. The van der Waals surface area contributed by atoms with E-state index in [9.17, 15) is 9.59 Å². The van der Waals surface area contributed by atoms with Gasteiger partial charge in [-0.2, -0.15) is 0 Å². The molecular formula is C22H23N3O3S. The number of thiazole rings is 1. The number of benzene rings is 1. The minimum absolute atomic E-state index is 0.0241. The molecule has 0 aliphatic carbocycles. The highest BCUT2D eigenvalue weighted by molar-refractivity contribution is 7.14. The average Bonchev–Trinajstić information content (AvgIpc) is 3.43. The molecule has 0 bridgehead atoms. The second kappa shape index (κ2) is 7.83. The molecule has 29 heavy (non-hydrogen) atoms. The summed E-state index contributed by atoms with van der Waals surface area (Å²) >= 11 is 1.41. The van der Waals surface area contributed by atoms with Crippen LogP contribution in [-0.2, 0) is 11.2 Å². The number of furan rings is 1. The van der Waals surface area contributed by atoms with E-state index in [2.05, 4.69) is 11.1 Å². The molecule has 0 atom stereocenters. The van der Waals surface area contributed by atoms with Crippen LogP contribution in [0.1, 0.15) is 36.4 Å². The molecule has 2 amide bonds. The molecule has 0 unspecified atom stereocenters. The number of amides is 2. The summed E-state index contributed by atoms with van der Waals surface area (Å²) in [5, 5.41) is 2.55. The molecule has 0 fully saturated rings. The van der Waals surface area contributed by atoms with Crippen LogP contribution in [0.2, 0.25) is 0 Å². The number of anilines is 2. The van der Waals surface area contributed by atoms with Gasteiger partial charge in [0.1, 0.15) is 0 Å². The lowest BCUT2D eigenvalue weighted by molar-refractivity contribution is -0.121. The first kappa shape index (κ1) is 19.4. The fourth-order valence-corrected chi connectivity index (χ4v) is 4.30. The molecule has 0 radical (unpaired) electrons. The van der Waals surface area contributed by atoms with Crippen molar-refractivity contribution in [3.05, 3.63) is 53.3 Å². The van der Waals surface area contributed by atoms with Gasteiger partial charge in [0.15, 0.2) is 10.9 Å². The Kier molecular flexibility index (Phi) is 5.24. The normalized spacial score (nSPS) is 13.4. The summed E-state index contributed by atoms with van der Waals surface area (Å²) in [6, 6.07) is 9.46. The van der Waals surface area contributed by atoms with Gasteiger partial charge in [-0.05, 0) is 42.7 Å². The van der Waals surface area contributed by atoms with Crippen molar-refractivity contribution < 1.29 is 14.0 Å². The van der Waals surface area contributed by atoms with Gasteiger partial charge >= 0.3 is 0 Å². The van der Waals surface area contributed by atoms with Crippen LogP contribution < -0.4 is 9.80 Å². The van der Waals surface area contributed by atoms with Crippen molar-refractivity contribution in [1.29, 1.82) is 0 Å². The van der Waals surface area contributed by atoms with Crippen LogP contribution >= 0.6 is 11.3 Å². The topological polar surface area (TPSA) is 66.7 Å². The first-order valence-electron chi connectivity index (χ1n) is 9.67. The predicted octanol–water partition coefficient (Wildman–Crippen LogP) is 4.61. The van der Waals surface area contributed by atoms with Gasteiger partial charge in [-0.15, -0.1) is 11.3 Å². The van der Waals surface area contributed by atoms with Crippen molar-refractivity contribution in [2.45, 2.75) is 26.7 Å². The van der Waals surface area contributed by atoms with Crippen molar-refractivity contribution in [2.24, 2.45) is 5.92 Å². The summed E-state index contributed by atoms with van der Waals surface area (Å²) < 4.78 is 5.19. The van der Waals surface area contributed by atoms with E-state index in [0.717, 1.165) is 41.9 Å². The molecule has 0 spiro atoms. The molecule has 2 aromatic heterocycles. The molecule has 3 aromatic rings. The maximum absolute atomic E-state index is 12.5. The van der Waals surface area contributed by atoms with E-state index in [1.807, 2.05) is 36.3 Å². The van der Waals surface area contributed by atoms with Crippen LogP contribution in [0.4, 0.5) is 10.8 Å². The Balaban J connectivity index is 1.59. The van der Waals surface area contributed by atoms with Crippen molar-refractivity contribution in [1.82, 2.24) is 4.98 Å². The third-order valence-corrected chi connectivity index (χ3v) is 5.99. The second-order valence-corrected chi connectivity index (χ2v) is 8.28. The van der Waals surface area contributed by atoms with Crippen molar-refractivity contribution in [2.75, 3.05) is 23.4 Å². The number of carbonyl (C=O) groups is 2. The van der Waals surface area contributed by atoms with Gasteiger partial charge in [-0.3, -0.25) is 14.5 Å².